The minimum atomic E-state index is -0.674. The second kappa shape index (κ2) is 8.92. The van der Waals surface area contributed by atoms with E-state index < -0.39 is 23.9 Å². The highest BCUT2D eigenvalue weighted by Gasteiger charge is 2.34. The summed E-state index contributed by atoms with van der Waals surface area (Å²) in [5.74, 6) is -1.47. The van der Waals surface area contributed by atoms with Crippen molar-refractivity contribution in [2.45, 2.75) is 13.5 Å². The molecule has 11 heteroatoms. The molecule has 2 heterocycles. The molecular formula is C20H17ClN2O8. The minimum Gasteiger partial charge on any atom is -0.493 e. The quantitative estimate of drug-likeness (QED) is 0.309. The Morgan fingerprint density at radius 1 is 1.23 bits per heavy atom. The molecule has 1 aromatic carbocycles. The van der Waals surface area contributed by atoms with Crippen molar-refractivity contribution in [2.24, 2.45) is 0 Å². The molecule has 10 nitrogen and oxygen atoms in total. The number of methoxy groups -OCH3 is 2. The van der Waals surface area contributed by atoms with E-state index in [0.717, 1.165) is 4.90 Å². The molecular weight excluding hydrogens is 432 g/mol. The van der Waals surface area contributed by atoms with Gasteiger partial charge in [0.15, 0.2) is 11.5 Å². The van der Waals surface area contributed by atoms with E-state index in [2.05, 4.69) is 10.1 Å². The fraction of sp³-hybridized carbons (Fsp3) is 0.200. The van der Waals surface area contributed by atoms with E-state index in [0.29, 0.717) is 5.56 Å². The summed E-state index contributed by atoms with van der Waals surface area (Å²) in [6, 6.07) is 5.13. The Bertz CT molecular complexity index is 1100. The van der Waals surface area contributed by atoms with Crippen molar-refractivity contribution in [1.82, 2.24) is 10.2 Å². The average Bonchev–Trinajstić information content (AvgIpc) is 3.29. The normalized spacial score (nSPS) is 14.6. The summed E-state index contributed by atoms with van der Waals surface area (Å²) < 4.78 is 20.1. The Kier molecular flexibility index (Phi) is 6.30. The summed E-state index contributed by atoms with van der Waals surface area (Å²) in [4.78, 5) is 48.6. The number of hydrogen-bond acceptors (Lipinski definition) is 8. The molecule has 1 aliphatic rings. The summed E-state index contributed by atoms with van der Waals surface area (Å²) in [5.41, 5.74) is 0.414. The van der Waals surface area contributed by atoms with Crippen LogP contribution in [-0.4, -0.2) is 43.0 Å². The number of nitrogens with one attached hydrogen (secondary N) is 1. The van der Waals surface area contributed by atoms with Crippen LogP contribution in [0.4, 0.5) is 4.79 Å². The van der Waals surface area contributed by atoms with Gasteiger partial charge in [0.1, 0.15) is 11.5 Å². The molecule has 0 spiro atoms. The van der Waals surface area contributed by atoms with Crippen LogP contribution < -0.4 is 14.8 Å². The van der Waals surface area contributed by atoms with Crippen LogP contribution >= 0.6 is 11.6 Å². The largest absolute Gasteiger partial charge is 0.493 e. The molecule has 0 aliphatic carbocycles. The molecule has 3 rings (SSSR count). The minimum absolute atomic E-state index is 0.0110. The molecule has 31 heavy (non-hydrogen) atoms. The van der Waals surface area contributed by atoms with Crippen molar-refractivity contribution < 1.29 is 37.8 Å². The Morgan fingerprint density at radius 2 is 1.97 bits per heavy atom. The van der Waals surface area contributed by atoms with Crippen LogP contribution in [0, 0.1) is 0 Å². The van der Waals surface area contributed by atoms with Gasteiger partial charge in [0, 0.05) is 6.92 Å². The van der Waals surface area contributed by atoms with E-state index >= 15 is 0 Å². The number of imide groups is 1. The number of nitrogens with zero attached hydrogens (tertiary/aromatic N) is 1. The molecule has 1 aliphatic heterocycles. The van der Waals surface area contributed by atoms with Crippen LogP contribution in [0.2, 0.25) is 5.02 Å². The van der Waals surface area contributed by atoms with E-state index in [9.17, 15) is 19.2 Å². The zero-order valence-electron chi connectivity index (χ0n) is 16.7. The second-order valence-corrected chi connectivity index (χ2v) is 6.67. The topological polar surface area (TPSA) is 124 Å². The molecule has 0 radical (unpaired) electrons. The van der Waals surface area contributed by atoms with Crippen molar-refractivity contribution in [2.75, 3.05) is 14.2 Å². The van der Waals surface area contributed by atoms with Crippen LogP contribution in [0.5, 0.6) is 11.5 Å². The van der Waals surface area contributed by atoms with Gasteiger partial charge >= 0.3 is 18.0 Å². The first-order chi connectivity index (χ1) is 14.7. The van der Waals surface area contributed by atoms with Gasteiger partial charge in [-0.05, 0) is 35.9 Å². The third-order valence-electron chi connectivity index (χ3n) is 4.13. The molecule has 162 valence electrons. The number of benzene rings is 1. The molecule has 0 bridgehead atoms. The first kappa shape index (κ1) is 21.9. The molecule has 0 atom stereocenters. The van der Waals surface area contributed by atoms with Gasteiger partial charge in [-0.1, -0.05) is 11.6 Å². The number of esters is 2. The van der Waals surface area contributed by atoms with E-state index in [4.69, 9.17) is 25.5 Å². The molecule has 2 aromatic rings. The van der Waals surface area contributed by atoms with Gasteiger partial charge in [-0.2, -0.15) is 0 Å². The Balaban J connectivity index is 1.83. The number of halogens is 1. The van der Waals surface area contributed by atoms with Gasteiger partial charge < -0.3 is 23.9 Å². The number of ether oxygens (including phenoxy) is 3. The van der Waals surface area contributed by atoms with Crippen LogP contribution in [0.3, 0.4) is 0 Å². The predicted octanol–water partition coefficient (Wildman–Crippen LogP) is 2.75. The number of hydrogen-bond donors (Lipinski definition) is 1. The fourth-order valence-electron chi connectivity index (χ4n) is 2.78. The molecule has 1 saturated heterocycles. The number of carbonyl (C=O) groups excluding carboxylic acids is 4. The fourth-order valence-corrected chi connectivity index (χ4v) is 3.03. The Labute approximate surface area is 181 Å². The lowest BCUT2D eigenvalue weighted by Crippen LogP contribution is -2.30. The van der Waals surface area contributed by atoms with Crippen molar-refractivity contribution in [3.63, 3.8) is 0 Å². The van der Waals surface area contributed by atoms with E-state index in [-0.39, 0.29) is 40.3 Å². The predicted molar refractivity (Wildman–Crippen MR) is 106 cm³/mol. The lowest BCUT2D eigenvalue weighted by atomic mass is 10.1. The van der Waals surface area contributed by atoms with E-state index in [1.54, 1.807) is 0 Å². The lowest BCUT2D eigenvalue weighted by molar-refractivity contribution is -0.132. The van der Waals surface area contributed by atoms with Crippen molar-refractivity contribution in [3.8, 4) is 11.5 Å². The van der Waals surface area contributed by atoms with Gasteiger partial charge in [-0.3, -0.25) is 14.5 Å². The summed E-state index contributed by atoms with van der Waals surface area (Å²) in [6.07, 6.45) is 1.40. The van der Waals surface area contributed by atoms with Crippen molar-refractivity contribution in [1.29, 1.82) is 0 Å². The molecule has 1 fully saturated rings. The summed E-state index contributed by atoms with van der Waals surface area (Å²) >= 11 is 6.16. The van der Waals surface area contributed by atoms with Crippen LogP contribution in [0.1, 0.15) is 28.8 Å². The number of furan rings is 1. The van der Waals surface area contributed by atoms with Crippen LogP contribution in [0.15, 0.2) is 34.4 Å². The maximum absolute atomic E-state index is 12.7. The zero-order chi connectivity index (χ0) is 22.7. The van der Waals surface area contributed by atoms with Gasteiger partial charge in [-0.15, -0.1) is 0 Å². The summed E-state index contributed by atoms with van der Waals surface area (Å²) in [7, 11) is 2.57. The maximum Gasteiger partial charge on any atom is 0.373 e. The highest BCUT2D eigenvalue weighted by Crippen LogP contribution is 2.37. The molecule has 1 aromatic heterocycles. The molecule has 3 amide bonds. The van der Waals surface area contributed by atoms with E-state index in [1.165, 1.54) is 51.5 Å². The van der Waals surface area contributed by atoms with Gasteiger partial charge in [0.05, 0.1) is 25.8 Å². The van der Waals surface area contributed by atoms with Crippen LogP contribution in [-0.2, 0) is 20.9 Å². The highest BCUT2D eigenvalue weighted by atomic mass is 35.5. The SMILES string of the molecule is COC(=O)c1ccc(CN2C(=O)N/C(=C\c3cc(Cl)c(OC(C)=O)c(OC)c3)C2=O)o1. The first-order valence-electron chi connectivity index (χ1n) is 8.81. The third kappa shape index (κ3) is 4.69. The standard InChI is InChI=1S/C20H17ClN2O8/c1-10(24)30-17-13(21)6-11(8-16(17)28-2)7-14-18(25)23(20(27)22-14)9-12-4-5-15(31-12)19(26)29-3/h4-8H,9H2,1-3H3,(H,22,27)/b14-7-. The first-order valence-corrected chi connectivity index (χ1v) is 9.18. The Hall–Kier alpha value is -3.79. The van der Waals surface area contributed by atoms with Crippen LogP contribution in [0.25, 0.3) is 6.08 Å². The number of carbonyl (C=O) groups is 4. The summed E-state index contributed by atoms with van der Waals surface area (Å²) in [5, 5.41) is 2.55. The van der Waals surface area contributed by atoms with Crippen molar-refractivity contribution >= 4 is 41.6 Å². The number of rotatable bonds is 6. The van der Waals surface area contributed by atoms with Gasteiger partial charge in [-0.25, -0.2) is 9.59 Å². The summed E-state index contributed by atoms with van der Waals surface area (Å²) in [6.45, 7) is 1.04. The van der Waals surface area contributed by atoms with Gasteiger partial charge in [0.2, 0.25) is 5.76 Å². The molecule has 0 unspecified atom stereocenters. The number of urea groups is 1. The smallest absolute Gasteiger partial charge is 0.373 e. The third-order valence-corrected chi connectivity index (χ3v) is 4.41. The highest BCUT2D eigenvalue weighted by molar-refractivity contribution is 6.32. The maximum atomic E-state index is 12.7. The van der Waals surface area contributed by atoms with Crippen molar-refractivity contribution in [3.05, 3.63) is 52.1 Å². The Morgan fingerprint density at radius 3 is 2.61 bits per heavy atom. The second-order valence-electron chi connectivity index (χ2n) is 6.26. The molecule has 1 N–H and O–H groups in total. The van der Waals surface area contributed by atoms with Gasteiger partial charge in [0.25, 0.3) is 5.91 Å². The lowest BCUT2D eigenvalue weighted by Gasteiger charge is -2.11. The number of amides is 3. The monoisotopic (exact) mass is 448 g/mol. The molecule has 0 saturated carbocycles. The average molecular weight is 449 g/mol. The van der Waals surface area contributed by atoms with E-state index in [1.807, 2.05) is 0 Å². The zero-order valence-corrected chi connectivity index (χ0v) is 17.4.